The van der Waals surface area contributed by atoms with Gasteiger partial charge in [0.2, 0.25) is 0 Å². The molecule has 3 aromatic rings. The highest BCUT2D eigenvalue weighted by Gasteiger charge is 2.32. The first-order valence-corrected chi connectivity index (χ1v) is 9.02. The fourth-order valence-corrected chi connectivity index (χ4v) is 3.92. The van der Waals surface area contributed by atoms with Crippen LogP contribution in [-0.2, 0) is 0 Å². The predicted octanol–water partition coefficient (Wildman–Crippen LogP) is 3.70. The van der Waals surface area contributed by atoms with Gasteiger partial charge in [-0.05, 0) is 42.8 Å². The summed E-state index contributed by atoms with van der Waals surface area (Å²) in [6, 6.07) is 13.8. The minimum absolute atomic E-state index is 0.0314. The number of aromatic nitrogens is 3. The van der Waals surface area contributed by atoms with Crippen LogP contribution in [0.15, 0.2) is 54.2 Å². The summed E-state index contributed by atoms with van der Waals surface area (Å²) in [5.41, 5.74) is 1.02. The van der Waals surface area contributed by atoms with Crippen molar-refractivity contribution in [3.8, 4) is 5.69 Å². The number of carbonyl (C=O) groups is 1. The van der Waals surface area contributed by atoms with Crippen molar-refractivity contribution in [2.75, 3.05) is 6.54 Å². The van der Waals surface area contributed by atoms with Gasteiger partial charge < -0.3 is 4.90 Å². The molecular formula is C18H18N4OS. The number of nitrogens with zero attached hydrogens (tertiary/aromatic N) is 4. The molecule has 2 aromatic heterocycles. The monoisotopic (exact) mass is 338 g/mol. The van der Waals surface area contributed by atoms with Gasteiger partial charge in [-0.25, -0.2) is 0 Å². The van der Waals surface area contributed by atoms with E-state index in [2.05, 4.69) is 10.2 Å². The summed E-state index contributed by atoms with van der Waals surface area (Å²) in [6.07, 6.45) is 4.78. The van der Waals surface area contributed by atoms with E-state index in [4.69, 9.17) is 0 Å². The van der Waals surface area contributed by atoms with Crippen LogP contribution in [0.1, 0.15) is 40.8 Å². The van der Waals surface area contributed by atoms with Crippen molar-refractivity contribution in [3.63, 3.8) is 0 Å². The number of hydrogen-bond acceptors (Lipinski definition) is 4. The number of piperidine rings is 1. The third kappa shape index (κ3) is 2.73. The average molecular weight is 338 g/mol. The molecule has 122 valence electrons. The highest BCUT2D eigenvalue weighted by molar-refractivity contribution is 7.12. The van der Waals surface area contributed by atoms with Crippen molar-refractivity contribution in [1.29, 1.82) is 0 Å². The summed E-state index contributed by atoms with van der Waals surface area (Å²) >= 11 is 1.49. The Labute approximate surface area is 144 Å². The first-order valence-electron chi connectivity index (χ1n) is 8.14. The first-order chi connectivity index (χ1) is 11.8. The van der Waals surface area contributed by atoms with Gasteiger partial charge in [0, 0.05) is 12.2 Å². The third-order valence-electron chi connectivity index (χ3n) is 4.40. The zero-order chi connectivity index (χ0) is 16.4. The maximum absolute atomic E-state index is 12.9. The molecule has 0 aliphatic carbocycles. The Morgan fingerprint density at radius 2 is 2.00 bits per heavy atom. The second kappa shape index (κ2) is 6.57. The largest absolute Gasteiger partial charge is 0.328 e. The molecule has 24 heavy (non-hydrogen) atoms. The minimum Gasteiger partial charge on any atom is -0.328 e. The fraction of sp³-hybridized carbons (Fsp3) is 0.278. The van der Waals surface area contributed by atoms with Gasteiger partial charge in [0.25, 0.3) is 5.91 Å². The van der Waals surface area contributed by atoms with E-state index in [1.165, 1.54) is 11.3 Å². The van der Waals surface area contributed by atoms with Crippen LogP contribution in [0.25, 0.3) is 5.69 Å². The summed E-state index contributed by atoms with van der Waals surface area (Å²) < 4.78 is 1.99. The number of carbonyl (C=O) groups excluding carboxylic acids is 1. The van der Waals surface area contributed by atoms with Crippen molar-refractivity contribution in [3.05, 3.63) is 64.9 Å². The first kappa shape index (κ1) is 15.1. The Morgan fingerprint density at radius 1 is 1.12 bits per heavy atom. The normalized spacial score (nSPS) is 17.8. The van der Waals surface area contributed by atoms with Crippen LogP contribution >= 0.6 is 11.3 Å². The molecule has 5 nitrogen and oxygen atoms in total. The predicted molar refractivity (Wildman–Crippen MR) is 93.3 cm³/mol. The average Bonchev–Trinajstić information content (AvgIpc) is 3.33. The highest BCUT2D eigenvalue weighted by Crippen LogP contribution is 2.32. The van der Waals surface area contributed by atoms with Crippen LogP contribution in [0.5, 0.6) is 0 Å². The molecule has 1 unspecified atom stereocenters. The van der Waals surface area contributed by atoms with Crippen molar-refractivity contribution in [1.82, 2.24) is 19.7 Å². The third-order valence-corrected chi connectivity index (χ3v) is 5.26. The fourth-order valence-electron chi connectivity index (χ4n) is 3.24. The minimum atomic E-state index is -0.0314. The van der Waals surface area contributed by atoms with Crippen molar-refractivity contribution < 1.29 is 4.79 Å². The molecule has 0 N–H and O–H groups in total. The van der Waals surface area contributed by atoms with E-state index in [0.717, 1.165) is 42.2 Å². The lowest BCUT2D eigenvalue weighted by Crippen LogP contribution is -2.39. The standard InChI is InChI=1S/C18H18N4OS/c23-18(16-10-6-12-24-16)21-11-5-4-9-15(21)17-20-19-13-22(17)14-7-2-1-3-8-14/h1-3,6-8,10,12-13,15H,4-5,9,11H2. The van der Waals surface area contributed by atoms with Crippen LogP contribution in [0, 0.1) is 0 Å². The molecule has 1 amide bonds. The van der Waals surface area contributed by atoms with Crippen molar-refractivity contribution in [2.24, 2.45) is 0 Å². The molecule has 6 heteroatoms. The molecule has 1 aliphatic heterocycles. The molecular weight excluding hydrogens is 320 g/mol. The smallest absolute Gasteiger partial charge is 0.264 e. The Bertz CT molecular complexity index is 813. The Morgan fingerprint density at radius 3 is 2.79 bits per heavy atom. The second-order valence-corrected chi connectivity index (χ2v) is 6.83. The van der Waals surface area contributed by atoms with E-state index in [-0.39, 0.29) is 11.9 Å². The molecule has 1 fully saturated rings. The van der Waals surface area contributed by atoms with Gasteiger partial charge in [0.15, 0.2) is 5.82 Å². The molecule has 3 heterocycles. The lowest BCUT2D eigenvalue weighted by Gasteiger charge is -2.34. The van der Waals surface area contributed by atoms with Crippen LogP contribution in [0.3, 0.4) is 0 Å². The van der Waals surface area contributed by atoms with Gasteiger partial charge >= 0.3 is 0 Å². The molecule has 1 atom stereocenters. The zero-order valence-corrected chi connectivity index (χ0v) is 14.0. The van der Waals surface area contributed by atoms with Gasteiger partial charge in [-0.1, -0.05) is 24.3 Å². The van der Waals surface area contributed by atoms with Gasteiger partial charge in [0.1, 0.15) is 6.33 Å². The van der Waals surface area contributed by atoms with Crippen molar-refractivity contribution in [2.45, 2.75) is 25.3 Å². The lowest BCUT2D eigenvalue weighted by molar-refractivity contribution is 0.0602. The number of thiophene rings is 1. The van der Waals surface area contributed by atoms with E-state index in [9.17, 15) is 4.79 Å². The van der Waals surface area contributed by atoms with Crippen molar-refractivity contribution >= 4 is 17.2 Å². The Balaban J connectivity index is 1.70. The van der Waals surface area contributed by atoms with Crippen LogP contribution in [-0.4, -0.2) is 32.1 Å². The number of hydrogen-bond donors (Lipinski definition) is 0. The maximum Gasteiger partial charge on any atom is 0.264 e. The Kier molecular flexibility index (Phi) is 4.13. The van der Waals surface area contributed by atoms with Gasteiger partial charge in [-0.3, -0.25) is 9.36 Å². The summed E-state index contributed by atoms with van der Waals surface area (Å²) in [4.78, 5) is 15.6. The van der Waals surface area contributed by atoms with E-state index >= 15 is 0 Å². The van der Waals surface area contributed by atoms with E-state index in [1.54, 1.807) is 6.33 Å². The van der Waals surface area contributed by atoms with Crippen LogP contribution in [0.4, 0.5) is 0 Å². The summed E-state index contributed by atoms with van der Waals surface area (Å²) in [7, 11) is 0. The van der Waals surface area contributed by atoms with Gasteiger partial charge in [-0.2, -0.15) is 0 Å². The molecule has 1 saturated heterocycles. The summed E-state index contributed by atoms with van der Waals surface area (Å²) in [5.74, 6) is 0.933. The topological polar surface area (TPSA) is 51.0 Å². The van der Waals surface area contributed by atoms with Gasteiger partial charge in [-0.15, -0.1) is 21.5 Å². The second-order valence-electron chi connectivity index (χ2n) is 5.88. The summed E-state index contributed by atoms with van der Waals surface area (Å²) in [6.45, 7) is 0.767. The molecule has 1 aliphatic rings. The Hall–Kier alpha value is -2.47. The molecule has 4 rings (SSSR count). The van der Waals surface area contributed by atoms with E-state index < -0.39 is 0 Å². The SMILES string of the molecule is O=C(c1cccs1)N1CCCCC1c1nncn1-c1ccccc1. The molecule has 0 spiro atoms. The number of benzene rings is 1. The molecule has 0 bridgehead atoms. The number of amides is 1. The highest BCUT2D eigenvalue weighted by atomic mass is 32.1. The number of para-hydroxylation sites is 1. The maximum atomic E-state index is 12.9. The number of likely N-dealkylation sites (tertiary alicyclic amines) is 1. The summed E-state index contributed by atoms with van der Waals surface area (Å²) in [5, 5.41) is 10.4. The molecule has 1 aromatic carbocycles. The molecule has 0 radical (unpaired) electrons. The van der Waals surface area contributed by atoms with Crippen LogP contribution in [0.2, 0.25) is 0 Å². The van der Waals surface area contributed by atoms with Gasteiger partial charge in [0.05, 0.1) is 10.9 Å². The number of rotatable bonds is 3. The quantitative estimate of drug-likeness (QED) is 0.732. The molecule has 0 saturated carbocycles. The lowest BCUT2D eigenvalue weighted by atomic mass is 10.0. The van der Waals surface area contributed by atoms with E-state index in [1.807, 2.05) is 57.3 Å². The van der Waals surface area contributed by atoms with Crippen LogP contribution < -0.4 is 0 Å². The van der Waals surface area contributed by atoms with E-state index in [0.29, 0.717) is 0 Å². The zero-order valence-electron chi connectivity index (χ0n) is 13.2.